The summed E-state index contributed by atoms with van der Waals surface area (Å²) in [6, 6.07) is 4.27. The van der Waals surface area contributed by atoms with Gasteiger partial charge in [0.1, 0.15) is 0 Å². The van der Waals surface area contributed by atoms with E-state index in [-0.39, 0.29) is 11.9 Å². The third kappa shape index (κ3) is 4.69. The molecule has 21 heavy (non-hydrogen) atoms. The SMILES string of the molecule is Cc1ccnc(CC(C)N(C)C(=O)CC2=CCCCC2)c1. The number of pyridine rings is 1. The van der Waals surface area contributed by atoms with Crippen molar-refractivity contribution in [3.8, 4) is 0 Å². The molecule has 114 valence electrons. The molecular formula is C18H26N2O. The zero-order valence-corrected chi connectivity index (χ0v) is 13.4. The van der Waals surface area contributed by atoms with Crippen LogP contribution in [0.15, 0.2) is 30.0 Å². The van der Waals surface area contributed by atoms with Gasteiger partial charge in [0.05, 0.1) is 0 Å². The maximum absolute atomic E-state index is 12.4. The minimum Gasteiger partial charge on any atom is -0.342 e. The minimum absolute atomic E-state index is 0.177. The van der Waals surface area contributed by atoms with Crippen molar-refractivity contribution >= 4 is 5.91 Å². The third-order valence-electron chi connectivity index (χ3n) is 4.29. The summed E-state index contributed by atoms with van der Waals surface area (Å²) in [5.41, 5.74) is 3.59. The summed E-state index contributed by atoms with van der Waals surface area (Å²) in [5.74, 6) is 0.225. The quantitative estimate of drug-likeness (QED) is 0.774. The Bertz CT molecular complexity index is 522. The highest BCUT2D eigenvalue weighted by molar-refractivity contribution is 5.78. The summed E-state index contributed by atoms with van der Waals surface area (Å²) in [5, 5.41) is 0. The number of rotatable bonds is 5. The average Bonchev–Trinajstić information content (AvgIpc) is 2.47. The summed E-state index contributed by atoms with van der Waals surface area (Å²) in [7, 11) is 1.91. The first-order valence-electron chi connectivity index (χ1n) is 7.91. The number of hydrogen-bond acceptors (Lipinski definition) is 2. The monoisotopic (exact) mass is 286 g/mol. The number of amides is 1. The van der Waals surface area contributed by atoms with E-state index in [4.69, 9.17) is 0 Å². The van der Waals surface area contributed by atoms with Crippen molar-refractivity contribution in [1.82, 2.24) is 9.88 Å². The van der Waals surface area contributed by atoms with Crippen molar-refractivity contribution in [1.29, 1.82) is 0 Å². The molecule has 1 aromatic rings. The Labute approximate surface area is 128 Å². The molecule has 1 atom stereocenters. The van der Waals surface area contributed by atoms with Gasteiger partial charge in [-0.15, -0.1) is 0 Å². The normalized spacial score (nSPS) is 16.2. The second-order valence-electron chi connectivity index (χ2n) is 6.17. The Morgan fingerprint density at radius 1 is 1.43 bits per heavy atom. The van der Waals surface area contributed by atoms with E-state index >= 15 is 0 Å². The van der Waals surface area contributed by atoms with Gasteiger partial charge < -0.3 is 4.90 Å². The van der Waals surface area contributed by atoms with Crippen molar-refractivity contribution in [2.24, 2.45) is 0 Å². The first-order chi connectivity index (χ1) is 10.1. The molecule has 1 unspecified atom stereocenters. The molecular weight excluding hydrogens is 260 g/mol. The van der Waals surface area contributed by atoms with E-state index in [9.17, 15) is 4.79 Å². The van der Waals surface area contributed by atoms with Gasteiger partial charge in [0.2, 0.25) is 5.91 Å². The molecule has 0 fully saturated rings. The molecule has 0 spiro atoms. The van der Waals surface area contributed by atoms with E-state index in [1.807, 2.05) is 24.2 Å². The van der Waals surface area contributed by atoms with E-state index in [0.717, 1.165) is 25.0 Å². The van der Waals surface area contributed by atoms with Gasteiger partial charge in [0.15, 0.2) is 0 Å². The Morgan fingerprint density at radius 3 is 2.90 bits per heavy atom. The number of aryl methyl sites for hydroxylation is 1. The number of aromatic nitrogens is 1. The lowest BCUT2D eigenvalue weighted by molar-refractivity contribution is -0.130. The van der Waals surface area contributed by atoms with Gasteiger partial charge in [-0.1, -0.05) is 11.6 Å². The van der Waals surface area contributed by atoms with Crippen LogP contribution in [0.4, 0.5) is 0 Å². The number of allylic oxidation sites excluding steroid dienone is 1. The second-order valence-corrected chi connectivity index (χ2v) is 6.17. The van der Waals surface area contributed by atoms with Crippen LogP contribution >= 0.6 is 0 Å². The largest absolute Gasteiger partial charge is 0.342 e. The highest BCUT2D eigenvalue weighted by atomic mass is 16.2. The van der Waals surface area contributed by atoms with Gasteiger partial charge in [-0.3, -0.25) is 9.78 Å². The van der Waals surface area contributed by atoms with Gasteiger partial charge in [0, 0.05) is 37.8 Å². The molecule has 0 aliphatic heterocycles. The van der Waals surface area contributed by atoms with Crippen LogP contribution in [0.2, 0.25) is 0 Å². The number of carbonyl (C=O) groups is 1. The average molecular weight is 286 g/mol. The molecule has 0 bridgehead atoms. The molecule has 0 saturated heterocycles. The van der Waals surface area contributed by atoms with Crippen molar-refractivity contribution in [2.45, 2.75) is 58.4 Å². The number of likely N-dealkylation sites (N-methyl/N-ethyl adjacent to an activating group) is 1. The Morgan fingerprint density at radius 2 is 2.24 bits per heavy atom. The molecule has 0 aromatic carbocycles. The third-order valence-corrected chi connectivity index (χ3v) is 4.29. The Kier molecular flexibility index (Phi) is 5.54. The maximum Gasteiger partial charge on any atom is 0.226 e. The fraction of sp³-hybridized carbons (Fsp3) is 0.556. The number of nitrogens with zero attached hydrogens (tertiary/aromatic N) is 2. The molecule has 3 nitrogen and oxygen atoms in total. The highest BCUT2D eigenvalue weighted by Crippen LogP contribution is 2.21. The van der Waals surface area contributed by atoms with E-state index in [1.54, 1.807) is 0 Å². The zero-order chi connectivity index (χ0) is 15.2. The number of hydrogen-bond donors (Lipinski definition) is 0. The predicted molar refractivity (Wildman–Crippen MR) is 86.1 cm³/mol. The van der Waals surface area contributed by atoms with Gasteiger partial charge in [0.25, 0.3) is 0 Å². The van der Waals surface area contributed by atoms with Crippen LogP contribution < -0.4 is 0 Å². The second kappa shape index (κ2) is 7.39. The molecule has 0 N–H and O–H groups in total. The summed E-state index contributed by atoms with van der Waals surface area (Å²) in [6.45, 7) is 4.16. The summed E-state index contributed by atoms with van der Waals surface area (Å²) in [6.07, 6.45) is 10.2. The molecule has 1 amide bonds. The van der Waals surface area contributed by atoms with Crippen molar-refractivity contribution in [3.63, 3.8) is 0 Å². The van der Waals surface area contributed by atoms with Crippen LogP contribution in [0.1, 0.15) is 50.3 Å². The molecule has 1 aliphatic carbocycles. The fourth-order valence-electron chi connectivity index (χ4n) is 2.78. The van der Waals surface area contributed by atoms with Crippen molar-refractivity contribution in [2.75, 3.05) is 7.05 Å². The van der Waals surface area contributed by atoms with Crippen molar-refractivity contribution < 1.29 is 4.79 Å². The first kappa shape index (κ1) is 15.7. The molecule has 3 heteroatoms. The molecule has 0 saturated carbocycles. The van der Waals surface area contributed by atoms with Gasteiger partial charge in [-0.05, 0) is 57.2 Å². The highest BCUT2D eigenvalue weighted by Gasteiger charge is 2.18. The smallest absolute Gasteiger partial charge is 0.226 e. The van der Waals surface area contributed by atoms with Gasteiger partial charge >= 0.3 is 0 Å². The van der Waals surface area contributed by atoms with Gasteiger partial charge in [-0.2, -0.15) is 0 Å². The lowest BCUT2D eigenvalue weighted by Crippen LogP contribution is -2.36. The van der Waals surface area contributed by atoms with Crippen LogP contribution in [0.5, 0.6) is 0 Å². The lowest BCUT2D eigenvalue weighted by Gasteiger charge is -2.26. The molecule has 1 aromatic heterocycles. The van der Waals surface area contributed by atoms with E-state index in [0.29, 0.717) is 6.42 Å². The standard InChI is InChI=1S/C18H26N2O/c1-14-9-10-19-17(11-14)12-15(2)20(3)18(21)13-16-7-5-4-6-8-16/h7,9-11,15H,4-6,8,12-13H2,1-3H3. The van der Waals surface area contributed by atoms with Crippen molar-refractivity contribution in [3.05, 3.63) is 41.2 Å². The number of carbonyl (C=O) groups excluding carboxylic acids is 1. The molecule has 0 radical (unpaired) electrons. The molecule has 1 heterocycles. The molecule has 1 aliphatic rings. The van der Waals surface area contributed by atoms with Crippen LogP contribution in [0.25, 0.3) is 0 Å². The first-order valence-corrected chi connectivity index (χ1v) is 7.91. The summed E-state index contributed by atoms with van der Waals surface area (Å²) in [4.78, 5) is 18.6. The molecule has 2 rings (SSSR count). The van der Waals surface area contributed by atoms with Crippen LogP contribution in [-0.2, 0) is 11.2 Å². The Balaban J connectivity index is 1.90. The fourth-order valence-corrected chi connectivity index (χ4v) is 2.78. The predicted octanol–water partition coefficient (Wildman–Crippen LogP) is 3.67. The van der Waals surface area contributed by atoms with E-state index in [2.05, 4.69) is 31.0 Å². The van der Waals surface area contributed by atoms with E-state index in [1.165, 1.54) is 24.0 Å². The van der Waals surface area contributed by atoms with Crippen LogP contribution in [0.3, 0.4) is 0 Å². The van der Waals surface area contributed by atoms with Crippen LogP contribution in [0, 0.1) is 6.92 Å². The van der Waals surface area contributed by atoms with E-state index < -0.39 is 0 Å². The topological polar surface area (TPSA) is 33.2 Å². The zero-order valence-electron chi connectivity index (χ0n) is 13.4. The Hall–Kier alpha value is -1.64. The van der Waals surface area contributed by atoms with Crippen LogP contribution in [-0.4, -0.2) is 28.9 Å². The lowest BCUT2D eigenvalue weighted by atomic mass is 9.96. The minimum atomic E-state index is 0.177. The summed E-state index contributed by atoms with van der Waals surface area (Å²) >= 11 is 0. The summed E-state index contributed by atoms with van der Waals surface area (Å²) < 4.78 is 0. The van der Waals surface area contributed by atoms with Gasteiger partial charge in [-0.25, -0.2) is 0 Å². The maximum atomic E-state index is 12.4.